The molecule has 3 rings (SSSR count). The minimum atomic E-state index is -0.156. The average molecular weight is 302 g/mol. The molecule has 21 heavy (non-hydrogen) atoms. The molecule has 0 aliphatic rings. The van der Waals surface area contributed by atoms with Crippen LogP contribution in [0.3, 0.4) is 0 Å². The highest BCUT2D eigenvalue weighted by Crippen LogP contribution is 2.23. The van der Waals surface area contributed by atoms with E-state index in [1.807, 2.05) is 37.3 Å². The Balaban J connectivity index is 1.56. The Morgan fingerprint density at radius 3 is 2.95 bits per heavy atom. The summed E-state index contributed by atoms with van der Waals surface area (Å²) in [5.41, 5.74) is 1.52. The van der Waals surface area contributed by atoms with E-state index in [0.29, 0.717) is 5.22 Å². The predicted octanol–water partition coefficient (Wildman–Crippen LogP) is 3.39. The molecule has 0 bridgehead atoms. The van der Waals surface area contributed by atoms with Crippen molar-refractivity contribution in [3.8, 4) is 0 Å². The second kappa shape index (κ2) is 6.05. The van der Waals surface area contributed by atoms with Crippen molar-refractivity contribution in [2.24, 2.45) is 0 Å². The van der Waals surface area contributed by atoms with Crippen molar-refractivity contribution >= 4 is 28.8 Å². The quantitative estimate of drug-likeness (QED) is 0.732. The first-order chi connectivity index (χ1) is 10.2. The smallest absolute Gasteiger partial charge is 0.257 e. The van der Waals surface area contributed by atoms with Gasteiger partial charge in [-0.05, 0) is 31.2 Å². The van der Waals surface area contributed by atoms with Crippen LogP contribution in [0.15, 0.2) is 56.7 Å². The van der Waals surface area contributed by atoms with E-state index >= 15 is 0 Å². The van der Waals surface area contributed by atoms with Gasteiger partial charge < -0.3 is 14.2 Å². The van der Waals surface area contributed by atoms with E-state index in [9.17, 15) is 4.79 Å². The van der Waals surface area contributed by atoms with Gasteiger partial charge in [0.25, 0.3) is 5.22 Å². The highest BCUT2D eigenvalue weighted by atomic mass is 32.2. The Morgan fingerprint density at radius 2 is 2.19 bits per heavy atom. The molecule has 0 saturated carbocycles. The zero-order chi connectivity index (χ0) is 14.7. The molecule has 0 fully saturated rings. The SMILES string of the molecule is C[C@@H](NC(=O)CSc1nc2ccccc2o1)c1ccco1. The first-order valence-electron chi connectivity index (χ1n) is 6.53. The number of para-hydroxylation sites is 2. The summed E-state index contributed by atoms with van der Waals surface area (Å²) in [6.45, 7) is 1.88. The Morgan fingerprint density at radius 1 is 1.33 bits per heavy atom. The zero-order valence-electron chi connectivity index (χ0n) is 11.4. The molecule has 108 valence electrons. The lowest BCUT2D eigenvalue weighted by molar-refractivity contribution is -0.119. The molecule has 3 aromatic rings. The van der Waals surface area contributed by atoms with Crippen LogP contribution < -0.4 is 5.32 Å². The van der Waals surface area contributed by atoms with Crippen molar-refractivity contribution in [3.05, 3.63) is 48.4 Å². The van der Waals surface area contributed by atoms with Gasteiger partial charge in [-0.3, -0.25) is 4.79 Å². The number of nitrogens with one attached hydrogen (secondary N) is 1. The molecule has 2 heterocycles. The summed E-state index contributed by atoms with van der Waals surface area (Å²) in [6.07, 6.45) is 1.59. The molecule has 1 amide bonds. The lowest BCUT2D eigenvalue weighted by Gasteiger charge is -2.10. The summed E-state index contributed by atoms with van der Waals surface area (Å²) in [6, 6.07) is 11.0. The van der Waals surface area contributed by atoms with Crippen LogP contribution in [0.1, 0.15) is 18.7 Å². The maximum Gasteiger partial charge on any atom is 0.257 e. The lowest BCUT2D eigenvalue weighted by Crippen LogP contribution is -2.27. The maximum atomic E-state index is 11.9. The van der Waals surface area contributed by atoms with E-state index in [4.69, 9.17) is 8.83 Å². The molecule has 0 saturated heterocycles. The fraction of sp³-hybridized carbons (Fsp3) is 0.200. The van der Waals surface area contributed by atoms with Crippen LogP contribution in [-0.2, 0) is 4.79 Å². The number of carbonyl (C=O) groups is 1. The van der Waals surface area contributed by atoms with Crippen molar-refractivity contribution in [2.75, 3.05) is 5.75 Å². The number of nitrogens with zero attached hydrogens (tertiary/aromatic N) is 1. The molecular formula is C15H14N2O3S. The second-order valence-corrected chi connectivity index (χ2v) is 5.47. The van der Waals surface area contributed by atoms with Crippen LogP contribution in [0.5, 0.6) is 0 Å². The largest absolute Gasteiger partial charge is 0.467 e. The van der Waals surface area contributed by atoms with Crippen LogP contribution in [0.4, 0.5) is 0 Å². The van der Waals surface area contributed by atoms with Crippen molar-refractivity contribution < 1.29 is 13.6 Å². The first-order valence-corrected chi connectivity index (χ1v) is 7.52. The summed E-state index contributed by atoms with van der Waals surface area (Å²) in [7, 11) is 0. The van der Waals surface area contributed by atoms with Gasteiger partial charge in [0.15, 0.2) is 5.58 Å². The van der Waals surface area contributed by atoms with Crippen molar-refractivity contribution in [1.29, 1.82) is 0 Å². The van der Waals surface area contributed by atoms with Gasteiger partial charge in [-0.15, -0.1) is 0 Å². The molecule has 1 N–H and O–H groups in total. The Hall–Kier alpha value is -2.21. The van der Waals surface area contributed by atoms with Crippen LogP contribution in [0.2, 0.25) is 0 Å². The van der Waals surface area contributed by atoms with E-state index in [0.717, 1.165) is 16.9 Å². The number of thioether (sulfide) groups is 1. The van der Waals surface area contributed by atoms with Gasteiger partial charge in [0.2, 0.25) is 5.91 Å². The molecule has 1 atom stereocenters. The number of oxazole rings is 1. The number of furan rings is 1. The monoisotopic (exact) mass is 302 g/mol. The number of amides is 1. The van der Waals surface area contributed by atoms with Gasteiger partial charge in [0.1, 0.15) is 11.3 Å². The molecule has 0 spiro atoms. The van der Waals surface area contributed by atoms with Gasteiger partial charge in [-0.25, -0.2) is 4.98 Å². The normalized spacial score (nSPS) is 12.4. The van der Waals surface area contributed by atoms with E-state index < -0.39 is 0 Å². The van der Waals surface area contributed by atoms with Crippen LogP contribution >= 0.6 is 11.8 Å². The number of rotatable bonds is 5. The van der Waals surface area contributed by atoms with E-state index in [-0.39, 0.29) is 17.7 Å². The number of hydrogen-bond acceptors (Lipinski definition) is 5. The van der Waals surface area contributed by atoms with E-state index in [1.165, 1.54) is 11.8 Å². The Labute approximate surface area is 125 Å². The van der Waals surface area contributed by atoms with E-state index in [1.54, 1.807) is 12.3 Å². The molecule has 5 nitrogen and oxygen atoms in total. The molecular weight excluding hydrogens is 288 g/mol. The minimum absolute atomic E-state index is 0.0915. The van der Waals surface area contributed by atoms with Gasteiger partial charge >= 0.3 is 0 Å². The summed E-state index contributed by atoms with van der Waals surface area (Å²) in [5.74, 6) is 0.888. The van der Waals surface area contributed by atoms with Gasteiger partial charge in [0.05, 0.1) is 18.1 Å². The van der Waals surface area contributed by atoms with E-state index in [2.05, 4.69) is 10.3 Å². The molecule has 0 aliphatic heterocycles. The second-order valence-electron chi connectivity index (χ2n) is 4.54. The van der Waals surface area contributed by atoms with Gasteiger partial charge in [-0.1, -0.05) is 23.9 Å². The number of hydrogen-bond donors (Lipinski definition) is 1. The predicted molar refractivity (Wildman–Crippen MR) is 80.0 cm³/mol. The highest BCUT2D eigenvalue weighted by molar-refractivity contribution is 7.99. The molecule has 0 unspecified atom stereocenters. The molecule has 1 aromatic carbocycles. The van der Waals surface area contributed by atoms with Crippen molar-refractivity contribution in [1.82, 2.24) is 10.3 Å². The fourth-order valence-electron chi connectivity index (χ4n) is 1.93. The molecule has 2 aromatic heterocycles. The summed E-state index contributed by atoms with van der Waals surface area (Å²) >= 11 is 1.27. The standard InChI is InChI=1S/C15H14N2O3S/c1-10(12-7-4-8-19-12)16-14(18)9-21-15-17-11-5-2-3-6-13(11)20-15/h2-8,10H,9H2,1H3,(H,16,18)/t10-/m1/s1. The average Bonchev–Trinajstić information content (AvgIpc) is 3.14. The van der Waals surface area contributed by atoms with Crippen molar-refractivity contribution in [3.63, 3.8) is 0 Å². The minimum Gasteiger partial charge on any atom is -0.467 e. The molecule has 0 radical (unpaired) electrons. The molecule has 6 heteroatoms. The third-order valence-electron chi connectivity index (χ3n) is 2.95. The van der Waals surface area contributed by atoms with Crippen LogP contribution in [0.25, 0.3) is 11.1 Å². The van der Waals surface area contributed by atoms with Gasteiger partial charge in [-0.2, -0.15) is 0 Å². The number of benzene rings is 1. The zero-order valence-corrected chi connectivity index (χ0v) is 12.2. The highest BCUT2D eigenvalue weighted by Gasteiger charge is 2.13. The van der Waals surface area contributed by atoms with Gasteiger partial charge in [0, 0.05) is 0 Å². The third kappa shape index (κ3) is 3.28. The topological polar surface area (TPSA) is 68.3 Å². The maximum absolute atomic E-state index is 11.9. The number of aromatic nitrogens is 1. The molecule has 0 aliphatic carbocycles. The summed E-state index contributed by atoms with van der Waals surface area (Å²) in [5, 5.41) is 3.36. The van der Waals surface area contributed by atoms with Crippen LogP contribution in [-0.4, -0.2) is 16.6 Å². The Bertz CT molecular complexity index is 703. The fourth-order valence-corrected chi connectivity index (χ4v) is 2.58. The lowest BCUT2D eigenvalue weighted by atomic mass is 10.2. The summed E-state index contributed by atoms with van der Waals surface area (Å²) in [4.78, 5) is 16.2. The first kappa shape index (κ1) is 13.8. The summed E-state index contributed by atoms with van der Waals surface area (Å²) < 4.78 is 10.8. The van der Waals surface area contributed by atoms with Crippen molar-refractivity contribution in [2.45, 2.75) is 18.2 Å². The third-order valence-corrected chi connectivity index (χ3v) is 3.78. The van der Waals surface area contributed by atoms with Crippen LogP contribution in [0, 0.1) is 0 Å². The number of fused-ring (bicyclic) bond motifs is 1. The Kier molecular flexibility index (Phi) is 3.96. The number of carbonyl (C=O) groups excluding carboxylic acids is 1.